The molecule has 1 aromatic heterocycles. The second-order valence-electron chi connectivity index (χ2n) is 7.72. The van der Waals surface area contributed by atoms with Crippen LogP contribution in [0.25, 0.3) is 10.2 Å². The van der Waals surface area contributed by atoms with Crippen LogP contribution in [0.4, 0.5) is 5.13 Å². The van der Waals surface area contributed by atoms with Crippen molar-refractivity contribution in [1.82, 2.24) is 9.88 Å². The van der Waals surface area contributed by atoms with Gasteiger partial charge in [-0.25, -0.2) is 4.98 Å². The number of likely N-dealkylation sites (N-methyl/N-ethyl adjacent to an activating group) is 1. The number of fused-ring (bicyclic) bond motifs is 1. The molecular formula is C27H28ClN3O2S. The number of hydrogen-bond donors (Lipinski definition) is 0. The van der Waals surface area contributed by atoms with Crippen LogP contribution in [0.1, 0.15) is 40.1 Å². The van der Waals surface area contributed by atoms with Crippen molar-refractivity contribution in [2.45, 2.75) is 13.8 Å². The molecule has 1 amide bonds. The number of hydrogen-bond acceptors (Lipinski definition) is 5. The monoisotopic (exact) mass is 493 g/mol. The third-order valence-electron chi connectivity index (χ3n) is 5.72. The lowest BCUT2D eigenvalue weighted by Crippen LogP contribution is -2.38. The molecule has 5 nitrogen and oxygen atoms in total. The van der Waals surface area contributed by atoms with Crippen molar-refractivity contribution in [3.63, 3.8) is 0 Å². The van der Waals surface area contributed by atoms with E-state index in [1.54, 1.807) is 41.3 Å². The van der Waals surface area contributed by atoms with Crippen LogP contribution in [0.5, 0.6) is 0 Å². The van der Waals surface area contributed by atoms with E-state index in [9.17, 15) is 9.59 Å². The number of benzene rings is 3. The van der Waals surface area contributed by atoms with Crippen LogP contribution in [-0.4, -0.2) is 47.8 Å². The number of amides is 1. The Kier molecular flexibility index (Phi) is 8.93. The number of rotatable bonds is 9. The summed E-state index contributed by atoms with van der Waals surface area (Å²) >= 11 is 1.52. The first-order valence-corrected chi connectivity index (χ1v) is 12.0. The molecule has 0 unspecified atom stereocenters. The van der Waals surface area contributed by atoms with Gasteiger partial charge in [0, 0.05) is 29.8 Å². The molecular weight excluding hydrogens is 466 g/mol. The minimum Gasteiger partial charge on any atom is -0.302 e. The van der Waals surface area contributed by atoms with Crippen molar-refractivity contribution in [1.29, 1.82) is 0 Å². The van der Waals surface area contributed by atoms with E-state index >= 15 is 0 Å². The maximum atomic E-state index is 13.6. The minimum absolute atomic E-state index is 0. The first-order chi connectivity index (χ1) is 16.1. The fraction of sp³-hybridized carbons (Fsp3) is 0.222. The van der Waals surface area contributed by atoms with E-state index in [2.05, 4.69) is 18.7 Å². The Hall–Kier alpha value is -3.06. The minimum atomic E-state index is -0.111. The van der Waals surface area contributed by atoms with Gasteiger partial charge in [-0.05, 0) is 37.4 Å². The fourth-order valence-corrected chi connectivity index (χ4v) is 4.71. The van der Waals surface area contributed by atoms with Gasteiger partial charge in [0.1, 0.15) is 0 Å². The lowest BCUT2D eigenvalue weighted by molar-refractivity contribution is 0.0981. The summed E-state index contributed by atoms with van der Waals surface area (Å²) in [6.07, 6.45) is 0. The smallest absolute Gasteiger partial charge is 0.260 e. The molecule has 176 valence electrons. The van der Waals surface area contributed by atoms with Crippen molar-refractivity contribution in [2.75, 3.05) is 31.1 Å². The van der Waals surface area contributed by atoms with Crippen LogP contribution in [0.3, 0.4) is 0 Å². The van der Waals surface area contributed by atoms with Gasteiger partial charge in [0.2, 0.25) is 0 Å². The molecule has 0 fully saturated rings. The van der Waals surface area contributed by atoms with Crippen LogP contribution >= 0.6 is 23.7 Å². The molecule has 3 aromatic carbocycles. The highest BCUT2D eigenvalue weighted by Crippen LogP contribution is 2.29. The Morgan fingerprint density at radius 1 is 0.765 bits per heavy atom. The van der Waals surface area contributed by atoms with E-state index in [0.29, 0.717) is 28.4 Å². The fourth-order valence-electron chi connectivity index (χ4n) is 3.72. The molecule has 0 spiro atoms. The molecule has 4 aromatic rings. The van der Waals surface area contributed by atoms with Crippen LogP contribution < -0.4 is 4.90 Å². The maximum Gasteiger partial charge on any atom is 0.260 e. The zero-order valence-electron chi connectivity index (χ0n) is 19.3. The Bertz CT molecular complexity index is 1200. The Labute approximate surface area is 210 Å². The maximum absolute atomic E-state index is 13.6. The zero-order valence-corrected chi connectivity index (χ0v) is 20.9. The summed E-state index contributed by atoms with van der Waals surface area (Å²) in [6, 6.07) is 24.0. The van der Waals surface area contributed by atoms with Gasteiger partial charge in [-0.15, -0.1) is 12.4 Å². The van der Waals surface area contributed by atoms with E-state index < -0.39 is 0 Å². The summed E-state index contributed by atoms with van der Waals surface area (Å²) in [5.41, 5.74) is 2.62. The van der Waals surface area contributed by atoms with Crippen LogP contribution in [-0.2, 0) is 0 Å². The number of nitrogens with zero attached hydrogens (tertiary/aromatic N) is 3. The first-order valence-electron chi connectivity index (χ1n) is 11.2. The number of carbonyl (C=O) groups excluding carboxylic acids is 2. The van der Waals surface area contributed by atoms with Gasteiger partial charge in [-0.2, -0.15) is 0 Å². The van der Waals surface area contributed by atoms with E-state index in [1.807, 2.05) is 42.5 Å². The predicted molar refractivity (Wildman–Crippen MR) is 143 cm³/mol. The van der Waals surface area contributed by atoms with Crippen molar-refractivity contribution < 1.29 is 9.59 Å². The second-order valence-corrected chi connectivity index (χ2v) is 8.73. The lowest BCUT2D eigenvalue weighted by Gasteiger charge is -2.24. The number of anilines is 1. The Morgan fingerprint density at radius 3 is 2.00 bits per heavy atom. The average molecular weight is 494 g/mol. The largest absolute Gasteiger partial charge is 0.302 e. The molecule has 7 heteroatoms. The summed E-state index contributed by atoms with van der Waals surface area (Å²) in [5.74, 6) is -0.168. The van der Waals surface area contributed by atoms with Gasteiger partial charge in [0.15, 0.2) is 10.9 Å². The third-order valence-corrected chi connectivity index (χ3v) is 6.78. The number of thiazole rings is 1. The SMILES string of the molecule is CCN(CC)CCN(C(=O)c1ccc(C(=O)c2ccccc2)cc1)c1nc2ccccc2s1.Cl. The second kappa shape index (κ2) is 11.9. The summed E-state index contributed by atoms with van der Waals surface area (Å²) in [5, 5.41) is 0.692. The molecule has 0 atom stereocenters. The standard InChI is InChI=1S/C27H27N3O2S.ClH/c1-3-29(4-2)18-19-30(27-28-23-12-8-9-13-24(23)33-27)26(32)22-16-14-21(15-17-22)25(31)20-10-6-5-7-11-20;/h5-17H,3-4,18-19H2,1-2H3;1H. The van der Waals surface area contributed by atoms with Crippen LogP contribution in [0.15, 0.2) is 78.9 Å². The van der Waals surface area contributed by atoms with E-state index in [-0.39, 0.29) is 24.1 Å². The molecule has 0 saturated carbocycles. The van der Waals surface area contributed by atoms with Crippen LogP contribution in [0.2, 0.25) is 0 Å². The predicted octanol–water partition coefficient (Wildman–Crippen LogP) is 5.94. The topological polar surface area (TPSA) is 53.5 Å². The Morgan fingerprint density at radius 2 is 1.35 bits per heavy atom. The van der Waals surface area contributed by atoms with E-state index in [1.165, 1.54) is 11.3 Å². The quantitative estimate of drug-likeness (QED) is 0.271. The summed E-state index contributed by atoms with van der Waals surface area (Å²) in [7, 11) is 0. The zero-order chi connectivity index (χ0) is 23.2. The van der Waals surface area contributed by atoms with Crippen molar-refractivity contribution in [2.24, 2.45) is 0 Å². The van der Waals surface area contributed by atoms with E-state index in [4.69, 9.17) is 4.98 Å². The van der Waals surface area contributed by atoms with E-state index in [0.717, 1.165) is 29.9 Å². The van der Waals surface area contributed by atoms with Gasteiger partial charge < -0.3 is 4.90 Å². The Balaban J connectivity index is 0.00000324. The van der Waals surface area contributed by atoms with Gasteiger partial charge in [0.25, 0.3) is 5.91 Å². The van der Waals surface area contributed by atoms with Gasteiger partial charge >= 0.3 is 0 Å². The summed E-state index contributed by atoms with van der Waals surface area (Å²) in [6.45, 7) is 7.40. The number of carbonyl (C=O) groups is 2. The van der Waals surface area contributed by atoms with Gasteiger partial charge in [-0.3, -0.25) is 14.5 Å². The average Bonchev–Trinajstić information content (AvgIpc) is 3.30. The molecule has 0 aliphatic rings. The molecule has 0 bridgehead atoms. The molecule has 34 heavy (non-hydrogen) atoms. The molecule has 0 aliphatic carbocycles. The lowest BCUT2D eigenvalue weighted by atomic mass is 10.0. The number of para-hydroxylation sites is 1. The highest BCUT2D eigenvalue weighted by molar-refractivity contribution is 7.22. The molecule has 0 aliphatic heterocycles. The normalized spacial score (nSPS) is 10.8. The molecule has 1 heterocycles. The third kappa shape index (κ3) is 5.70. The summed E-state index contributed by atoms with van der Waals surface area (Å²) in [4.78, 5) is 35.0. The number of ketones is 1. The molecule has 0 radical (unpaired) electrons. The molecule has 4 rings (SSSR count). The highest BCUT2D eigenvalue weighted by atomic mass is 35.5. The molecule has 0 N–H and O–H groups in total. The first kappa shape index (κ1) is 25.6. The van der Waals surface area contributed by atoms with Crippen molar-refractivity contribution >= 4 is 50.8 Å². The highest BCUT2D eigenvalue weighted by Gasteiger charge is 2.22. The van der Waals surface area contributed by atoms with Gasteiger partial charge in [0.05, 0.1) is 10.2 Å². The summed E-state index contributed by atoms with van der Waals surface area (Å²) < 4.78 is 1.05. The van der Waals surface area contributed by atoms with Crippen molar-refractivity contribution in [3.05, 3.63) is 95.6 Å². The number of halogens is 1. The van der Waals surface area contributed by atoms with Gasteiger partial charge in [-0.1, -0.05) is 79.8 Å². The van der Waals surface area contributed by atoms with Crippen molar-refractivity contribution in [3.8, 4) is 0 Å². The number of aromatic nitrogens is 1. The van der Waals surface area contributed by atoms with Crippen LogP contribution in [0, 0.1) is 0 Å². The molecule has 0 saturated heterocycles.